The first kappa shape index (κ1) is 16.7. The summed E-state index contributed by atoms with van der Waals surface area (Å²) < 4.78 is 4.74. The summed E-state index contributed by atoms with van der Waals surface area (Å²) in [5.74, 6) is -0.510. The number of benzene rings is 1. The average Bonchev–Trinajstić information content (AvgIpc) is 2.99. The van der Waals surface area contributed by atoms with Gasteiger partial charge in [0, 0.05) is 24.2 Å². The first-order valence-corrected chi connectivity index (χ1v) is 7.37. The van der Waals surface area contributed by atoms with Crippen LogP contribution in [0, 0.1) is 0 Å². The summed E-state index contributed by atoms with van der Waals surface area (Å²) in [6, 6.07) is 8.57. The number of hydrogen-bond donors (Lipinski definition) is 3. The van der Waals surface area contributed by atoms with E-state index in [1.165, 1.54) is 7.11 Å². The number of carbonyl (C=O) groups is 2. The molecule has 0 saturated carbocycles. The van der Waals surface area contributed by atoms with E-state index in [4.69, 9.17) is 4.74 Å². The Balaban J connectivity index is 1.94. The van der Waals surface area contributed by atoms with Crippen LogP contribution in [0.3, 0.4) is 0 Å². The van der Waals surface area contributed by atoms with E-state index in [1.807, 2.05) is 0 Å². The number of rotatable bonds is 7. The lowest BCUT2D eigenvalue weighted by molar-refractivity contribution is -0.119. The standard InChI is InChI=1S/C16H20N4O3/c1-3-4-13-9-14(20-19-13)16(22)18-12-7-5-11(6-8-12)17-15(21)10-23-2/h5-9H,3-4,10H2,1-2H3,(H,17,21)(H,18,22)(H,19,20). The number of amides is 2. The van der Waals surface area contributed by atoms with Gasteiger partial charge in [0.2, 0.25) is 5.91 Å². The van der Waals surface area contributed by atoms with Gasteiger partial charge in [0.25, 0.3) is 5.91 Å². The molecule has 0 saturated heterocycles. The zero-order valence-corrected chi connectivity index (χ0v) is 13.2. The van der Waals surface area contributed by atoms with Crippen LogP contribution < -0.4 is 10.6 Å². The molecule has 2 amide bonds. The number of anilines is 2. The summed E-state index contributed by atoms with van der Waals surface area (Å²) in [5, 5.41) is 12.3. The van der Waals surface area contributed by atoms with Crippen LogP contribution in [0.5, 0.6) is 0 Å². The number of aromatic amines is 1. The number of methoxy groups -OCH3 is 1. The van der Waals surface area contributed by atoms with Gasteiger partial charge in [-0.15, -0.1) is 0 Å². The third-order valence-electron chi connectivity index (χ3n) is 3.08. The smallest absolute Gasteiger partial charge is 0.276 e. The Morgan fingerprint density at radius 1 is 1.17 bits per heavy atom. The molecule has 1 aromatic carbocycles. The monoisotopic (exact) mass is 316 g/mol. The summed E-state index contributed by atoms with van der Waals surface area (Å²) in [5.41, 5.74) is 2.55. The maximum atomic E-state index is 12.1. The van der Waals surface area contributed by atoms with E-state index in [9.17, 15) is 9.59 Å². The van der Waals surface area contributed by atoms with E-state index in [0.717, 1.165) is 18.5 Å². The maximum Gasteiger partial charge on any atom is 0.276 e. The van der Waals surface area contributed by atoms with Crippen molar-refractivity contribution < 1.29 is 14.3 Å². The maximum absolute atomic E-state index is 12.1. The fourth-order valence-electron chi connectivity index (χ4n) is 2.04. The third-order valence-corrected chi connectivity index (χ3v) is 3.08. The molecular formula is C16H20N4O3. The van der Waals surface area contributed by atoms with Crippen LogP contribution in [0.25, 0.3) is 0 Å². The minimum atomic E-state index is -0.278. The van der Waals surface area contributed by atoms with Crippen molar-refractivity contribution in [2.24, 2.45) is 0 Å². The van der Waals surface area contributed by atoms with E-state index in [-0.39, 0.29) is 18.4 Å². The highest BCUT2D eigenvalue weighted by atomic mass is 16.5. The normalized spacial score (nSPS) is 10.3. The second-order valence-corrected chi connectivity index (χ2v) is 5.04. The minimum absolute atomic E-state index is 0.00224. The van der Waals surface area contributed by atoms with Crippen molar-refractivity contribution in [3.8, 4) is 0 Å². The molecule has 0 atom stereocenters. The molecule has 0 bridgehead atoms. The van der Waals surface area contributed by atoms with Gasteiger partial charge in [-0.3, -0.25) is 14.7 Å². The van der Waals surface area contributed by atoms with Gasteiger partial charge in [0.15, 0.2) is 5.69 Å². The quantitative estimate of drug-likeness (QED) is 0.729. The fraction of sp³-hybridized carbons (Fsp3) is 0.312. The number of nitrogens with one attached hydrogen (secondary N) is 3. The zero-order chi connectivity index (χ0) is 16.7. The summed E-state index contributed by atoms with van der Waals surface area (Å²) >= 11 is 0. The average molecular weight is 316 g/mol. The molecule has 0 fully saturated rings. The number of carbonyl (C=O) groups excluding carboxylic acids is 2. The molecular weight excluding hydrogens is 296 g/mol. The molecule has 2 rings (SSSR count). The van der Waals surface area contributed by atoms with Gasteiger partial charge >= 0.3 is 0 Å². The van der Waals surface area contributed by atoms with Crippen molar-refractivity contribution in [3.63, 3.8) is 0 Å². The Kier molecular flexibility index (Phi) is 5.87. The van der Waals surface area contributed by atoms with E-state index < -0.39 is 0 Å². The van der Waals surface area contributed by atoms with E-state index >= 15 is 0 Å². The van der Waals surface area contributed by atoms with Crippen molar-refractivity contribution in [1.82, 2.24) is 10.2 Å². The van der Waals surface area contributed by atoms with Gasteiger partial charge in [-0.05, 0) is 36.8 Å². The lowest BCUT2D eigenvalue weighted by Crippen LogP contribution is -2.17. The van der Waals surface area contributed by atoms with Crippen LogP contribution >= 0.6 is 0 Å². The van der Waals surface area contributed by atoms with Crippen LogP contribution in [0.1, 0.15) is 29.5 Å². The summed E-state index contributed by atoms with van der Waals surface area (Å²) in [7, 11) is 1.46. The van der Waals surface area contributed by atoms with E-state index in [0.29, 0.717) is 17.1 Å². The van der Waals surface area contributed by atoms with Gasteiger partial charge in [-0.2, -0.15) is 5.10 Å². The highest BCUT2D eigenvalue weighted by molar-refractivity contribution is 6.03. The molecule has 2 aromatic rings. The van der Waals surface area contributed by atoms with Crippen molar-refractivity contribution in [1.29, 1.82) is 0 Å². The van der Waals surface area contributed by atoms with Crippen LogP contribution in [-0.2, 0) is 16.0 Å². The van der Waals surface area contributed by atoms with E-state index in [2.05, 4.69) is 27.8 Å². The van der Waals surface area contributed by atoms with Crippen molar-refractivity contribution in [2.45, 2.75) is 19.8 Å². The Bertz CT molecular complexity index is 664. The van der Waals surface area contributed by atoms with Gasteiger partial charge in [0.1, 0.15) is 6.61 Å². The van der Waals surface area contributed by atoms with Gasteiger partial charge in [-0.1, -0.05) is 13.3 Å². The Morgan fingerprint density at radius 3 is 2.43 bits per heavy atom. The Morgan fingerprint density at radius 2 is 1.83 bits per heavy atom. The predicted octanol–water partition coefficient (Wildman–Crippen LogP) is 2.20. The number of H-pyrrole nitrogens is 1. The molecule has 1 aromatic heterocycles. The summed E-state index contributed by atoms with van der Waals surface area (Å²) in [6.07, 6.45) is 1.84. The first-order valence-electron chi connectivity index (χ1n) is 7.37. The fourth-order valence-corrected chi connectivity index (χ4v) is 2.04. The largest absolute Gasteiger partial charge is 0.375 e. The van der Waals surface area contributed by atoms with Gasteiger partial charge in [-0.25, -0.2) is 0 Å². The SMILES string of the molecule is CCCc1cc(C(=O)Nc2ccc(NC(=O)COC)cc2)n[nH]1. The summed E-state index contributed by atoms with van der Waals surface area (Å²) in [4.78, 5) is 23.5. The van der Waals surface area contributed by atoms with Gasteiger partial charge in [0.05, 0.1) is 0 Å². The molecule has 122 valence electrons. The molecule has 1 heterocycles. The summed E-state index contributed by atoms with van der Waals surface area (Å²) in [6.45, 7) is 2.06. The van der Waals surface area contributed by atoms with Crippen LogP contribution in [0.2, 0.25) is 0 Å². The second kappa shape index (κ2) is 8.09. The number of ether oxygens (including phenoxy) is 1. The van der Waals surface area contributed by atoms with E-state index in [1.54, 1.807) is 30.3 Å². The molecule has 3 N–H and O–H groups in total. The van der Waals surface area contributed by atoms with Crippen LogP contribution in [0.4, 0.5) is 11.4 Å². The topological polar surface area (TPSA) is 96.1 Å². The minimum Gasteiger partial charge on any atom is -0.375 e. The molecule has 0 aliphatic heterocycles. The molecule has 0 aliphatic rings. The molecule has 7 heteroatoms. The Labute approximate surface area is 134 Å². The number of aromatic nitrogens is 2. The number of hydrogen-bond acceptors (Lipinski definition) is 4. The zero-order valence-electron chi connectivity index (χ0n) is 13.2. The lowest BCUT2D eigenvalue weighted by Gasteiger charge is -2.06. The molecule has 7 nitrogen and oxygen atoms in total. The number of aryl methyl sites for hydroxylation is 1. The lowest BCUT2D eigenvalue weighted by atomic mass is 10.2. The molecule has 0 radical (unpaired) electrons. The predicted molar refractivity (Wildman–Crippen MR) is 87.5 cm³/mol. The van der Waals surface area contributed by atoms with Crippen LogP contribution in [0.15, 0.2) is 30.3 Å². The van der Waals surface area contributed by atoms with Crippen molar-refractivity contribution >= 4 is 23.2 Å². The Hall–Kier alpha value is -2.67. The molecule has 23 heavy (non-hydrogen) atoms. The van der Waals surface area contributed by atoms with Crippen molar-refractivity contribution in [3.05, 3.63) is 41.7 Å². The highest BCUT2D eigenvalue weighted by Gasteiger charge is 2.10. The molecule has 0 aliphatic carbocycles. The first-order chi connectivity index (χ1) is 11.1. The second-order valence-electron chi connectivity index (χ2n) is 5.04. The van der Waals surface area contributed by atoms with Crippen molar-refractivity contribution in [2.75, 3.05) is 24.4 Å². The molecule has 0 spiro atoms. The highest BCUT2D eigenvalue weighted by Crippen LogP contribution is 2.14. The van der Waals surface area contributed by atoms with Gasteiger partial charge < -0.3 is 15.4 Å². The molecule has 0 unspecified atom stereocenters. The van der Waals surface area contributed by atoms with Crippen LogP contribution in [-0.4, -0.2) is 35.7 Å². The third kappa shape index (κ3) is 4.93. The number of nitrogens with zero attached hydrogens (tertiary/aromatic N) is 1.